The number of anilines is 1. The lowest BCUT2D eigenvalue weighted by atomic mass is 10.2. The van der Waals surface area contributed by atoms with E-state index in [1.807, 2.05) is 19.2 Å². The molecule has 90 valence electrons. The monoisotopic (exact) mass is 294 g/mol. The first-order valence-electron chi connectivity index (χ1n) is 5.46. The van der Waals surface area contributed by atoms with E-state index < -0.39 is 0 Å². The fraction of sp³-hybridized carbons (Fsp3) is 0.333. The van der Waals surface area contributed by atoms with E-state index in [4.69, 9.17) is 5.73 Å². The van der Waals surface area contributed by atoms with Gasteiger partial charge >= 0.3 is 0 Å². The molecule has 0 amide bonds. The van der Waals surface area contributed by atoms with E-state index in [1.165, 1.54) is 0 Å². The molecule has 0 aromatic carbocycles. The van der Waals surface area contributed by atoms with Crippen LogP contribution in [0, 0.1) is 0 Å². The Bertz CT molecular complexity index is 529. The van der Waals surface area contributed by atoms with Gasteiger partial charge in [0.2, 0.25) is 0 Å². The van der Waals surface area contributed by atoms with Gasteiger partial charge in [-0.25, -0.2) is 0 Å². The molecule has 2 N–H and O–H groups in total. The van der Waals surface area contributed by atoms with Crippen LogP contribution in [0.2, 0.25) is 0 Å². The van der Waals surface area contributed by atoms with Crippen LogP contribution in [0.4, 0.5) is 5.69 Å². The van der Waals surface area contributed by atoms with Gasteiger partial charge in [-0.1, -0.05) is 0 Å². The lowest BCUT2D eigenvalue weighted by Gasteiger charge is -2.26. The number of fused-ring (bicyclic) bond motifs is 1. The molecule has 0 aliphatic carbocycles. The predicted octanol–water partition coefficient (Wildman–Crippen LogP) is 2.18. The molecule has 0 aliphatic heterocycles. The molecule has 5 heteroatoms. The van der Waals surface area contributed by atoms with E-state index in [1.54, 1.807) is 12.4 Å². The topological polar surface area (TPSA) is 55.0 Å². The zero-order valence-electron chi connectivity index (χ0n) is 9.89. The molecular formula is C12H15BrN4. The number of nitrogens with two attached hydrogens (primary N) is 1. The fourth-order valence-electron chi connectivity index (χ4n) is 1.67. The first kappa shape index (κ1) is 12.3. The number of halogens is 1. The number of aromatic nitrogens is 2. The number of nitrogens with zero attached hydrogens (tertiary/aromatic N) is 3. The van der Waals surface area contributed by atoms with Crippen molar-refractivity contribution < 1.29 is 0 Å². The molecular weight excluding hydrogens is 280 g/mol. The third-order valence-corrected chi connectivity index (χ3v) is 3.34. The molecule has 0 aliphatic rings. The highest BCUT2D eigenvalue weighted by Crippen LogP contribution is 2.25. The van der Waals surface area contributed by atoms with Gasteiger partial charge in [0, 0.05) is 36.5 Å². The molecule has 0 saturated carbocycles. The largest absolute Gasteiger partial charge is 0.369 e. The Morgan fingerprint density at radius 1 is 1.47 bits per heavy atom. The normalized spacial score (nSPS) is 12.7. The van der Waals surface area contributed by atoms with E-state index in [0.29, 0.717) is 6.54 Å². The first-order chi connectivity index (χ1) is 8.13. The van der Waals surface area contributed by atoms with Crippen molar-refractivity contribution in [1.82, 2.24) is 9.97 Å². The molecule has 0 radical (unpaired) electrons. The maximum absolute atomic E-state index is 5.69. The molecule has 2 aromatic heterocycles. The van der Waals surface area contributed by atoms with Crippen molar-refractivity contribution in [2.24, 2.45) is 5.73 Å². The van der Waals surface area contributed by atoms with Crippen molar-refractivity contribution in [3.05, 3.63) is 29.0 Å². The van der Waals surface area contributed by atoms with Crippen molar-refractivity contribution in [3.63, 3.8) is 0 Å². The van der Waals surface area contributed by atoms with Crippen molar-refractivity contribution in [1.29, 1.82) is 0 Å². The van der Waals surface area contributed by atoms with Crippen molar-refractivity contribution in [3.8, 4) is 0 Å². The maximum atomic E-state index is 5.69. The molecule has 2 aromatic rings. The summed E-state index contributed by atoms with van der Waals surface area (Å²) in [5, 5.41) is 0. The Hall–Kier alpha value is -1.20. The van der Waals surface area contributed by atoms with Gasteiger partial charge in [-0.3, -0.25) is 9.97 Å². The van der Waals surface area contributed by atoms with E-state index >= 15 is 0 Å². The second-order valence-corrected chi connectivity index (χ2v) is 4.96. The van der Waals surface area contributed by atoms with Crippen LogP contribution in [0.15, 0.2) is 29.0 Å². The highest BCUT2D eigenvalue weighted by Gasteiger charge is 2.12. The van der Waals surface area contributed by atoms with Crippen LogP contribution in [-0.4, -0.2) is 29.6 Å². The van der Waals surface area contributed by atoms with Crippen LogP contribution >= 0.6 is 15.9 Å². The number of rotatable bonds is 3. The van der Waals surface area contributed by atoms with Gasteiger partial charge < -0.3 is 10.6 Å². The van der Waals surface area contributed by atoms with E-state index in [2.05, 4.69) is 37.7 Å². The minimum Gasteiger partial charge on any atom is -0.369 e. The molecule has 1 atom stereocenters. The quantitative estimate of drug-likeness (QED) is 0.943. The summed E-state index contributed by atoms with van der Waals surface area (Å²) in [4.78, 5) is 10.9. The van der Waals surface area contributed by atoms with E-state index in [-0.39, 0.29) is 6.04 Å². The zero-order valence-corrected chi connectivity index (χ0v) is 11.5. The molecule has 2 rings (SSSR count). The van der Waals surface area contributed by atoms with Crippen LogP contribution in [0.1, 0.15) is 6.92 Å². The van der Waals surface area contributed by atoms with Crippen molar-refractivity contribution in [2.75, 3.05) is 18.5 Å². The molecule has 0 unspecified atom stereocenters. The molecule has 0 saturated heterocycles. The lowest BCUT2D eigenvalue weighted by Crippen LogP contribution is -2.35. The van der Waals surface area contributed by atoms with Gasteiger partial charge in [0.25, 0.3) is 0 Å². The zero-order chi connectivity index (χ0) is 12.4. The van der Waals surface area contributed by atoms with Crippen LogP contribution in [-0.2, 0) is 0 Å². The number of hydrogen-bond donors (Lipinski definition) is 1. The molecule has 2 heterocycles. The van der Waals surface area contributed by atoms with E-state index in [9.17, 15) is 0 Å². The van der Waals surface area contributed by atoms with E-state index in [0.717, 1.165) is 21.2 Å². The molecule has 0 bridgehead atoms. The van der Waals surface area contributed by atoms with Crippen molar-refractivity contribution in [2.45, 2.75) is 13.0 Å². The van der Waals surface area contributed by atoms with Gasteiger partial charge in [-0.2, -0.15) is 0 Å². The highest BCUT2D eigenvalue weighted by atomic mass is 79.9. The Kier molecular flexibility index (Phi) is 3.59. The molecule has 0 fully saturated rings. The van der Waals surface area contributed by atoms with Gasteiger partial charge in [0.1, 0.15) is 5.52 Å². The second-order valence-electron chi connectivity index (χ2n) is 4.05. The van der Waals surface area contributed by atoms with Crippen LogP contribution < -0.4 is 10.6 Å². The first-order valence-corrected chi connectivity index (χ1v) is 6.26. The summed E-state index contributed by atoms with van der Waals surface area (Å²) in [5.74, 6) is 0. The second kappa shape index (κ2) is 4.98. The lowest BCUT2D eigenvalue weighted by molar-refractivity contribution is 0.697. The molecule has 4 nitrogen and oxygen atoms in total. The van der Waals surface area contributed by atoms with Crippen LogP contribution in [0.25, 0.3) is 11.0 Å². The van der Waals surface area contributed by atoms with Gasteiger partial charge in [-0.15, -0.1) is 0 Å². The third-order valence-electron chi connectivity index (χ3n) is 2.91. The SMILES string of the molecule is C[C@@H](CN)N(C)c1ccnc2cc(Br)cnc12. The number of hydrogen-bond acceptors (Lipinski definition) is 4. The smallest absolute Gasteiger partial charge is 0.112 e. The summed E-state index contributed by atoms with van der Waals surface area (Å²) in [6.45, 7) is 2.70. The highest BCUT2D eigenvalue weighted by molar-refractivity contribution is 9.10. The minimum atomic E-state index is 0.269. The Morgan fingerprint density at radius 3 is 2.94 bits per heavy atom. The summed E-state index contributed by atoms with van der Waals surface area (Å²) >= 11 is 3.40. The minimum absolute atomic E-state index is 0.269. The van der Waals surface area contributed by atoms with Crippen LogP contribution in [0.5, 0.6) is 0 Å². The maximum Gasteiger partial charge on any atom is 0.112 e. The summed E-state index contributed by atoms with van der Waals surface area (Å²) in [7, 11) is 2.02. The van der Waals surface area contributed by atoms with Gasteiger partial charge in [0.15, 0.2) is 0 Å². The summed E-state index contributed by atoms with van der Waals surface area (Å²) in [6.07, 6.45) is 3.58. The Morgan fingerprint density at radius 2 is 2.24 bits per heavy atom. The Labute approximate surface area is 109 Å². The molecule has 0 spiro atoms. The van der Waals surface area contributed by atoms with Crippen molar-refractivity contribution >= 4 is 32.7 Å². The third kappa shape index (κ3) is 2.40. The standard InChI is InChI=1S/C12H15BrN4/c1-8(6-14)17(2)11-3-4-15-10-5-9(13)7-16-12(10)11/h3-5,7-8H,6,14H2,1-2H3/t8-/m0/s1. The fourth-order valence-corrected chi connectivity index (χ4v) is 1.99. The Balaban J connectivity index is 2.54. The average Bonchev–Trinajstić information content (AvgIpc) is 2.35. The number of pyridine rings is 2. The molecule has 17 heavy (non-hydrogen) atoms. The predicted molar refractivity (Wildman–Crippen MR) is 74.2 cm³/mol. The van der Waals surface area contributed by atoms with Gasteiger partial charge in [0.05, 0.1) is 11.2 Å². The summed E-state index contributed by atoms with van der Waals surface area (Å²) in [6, 6.07) is 4.20. The summed E-state index contributed by atoms with van der Waals surface area (Å²) in [5.41, 5.74) is 8.53. The number of likely N-dealkylation sites (N-methyl/N-ethyl adjacent to an activating group) is 1. The summed E-state index contributed by atoms with van der Waals surface area (Å²) < 4.78 is 0.934. The van der Waals surface area contributed by atoms with Gasteiger partial charge in [-0.05, 0) is 35.0 Å². The average molecular weight is 295 g/mol. The van der Waals surface area contributed by atoms with Crippen LogP contribution in [0.3, 0.4) is 0 Å².